The maximum Gasteiger partial charge on any atom is 0.293 e. The number of carbonyl (C=O) groups is 2. The molecule has 0 aromatic heterocycles. The Labute approximate surface area is 179 Å². The molecule has 1 fully saturated rings. The molecule has 2 amide bonds. The van der Waals surface area contributed by atoms with E-state index < -0.39 is 17.0 Å². The normalized spacial score (nSPS) is 15.6. The molecule has 28 heavy (non-hydrogen) atoms. The summed E-state index contributed by atoms with van der Waals surface area (Å²) in [7, 11) is 0. The van der Waals surface area contributed by atoms with Crippen LogP contribution in [0.4, 0.5) is 9.18 Å². The number of rotatable bonds is 6. The van der Waals surface area contributed by atoms with E-state index in [-0.39, 0.29) is 11.6 Å². The van der Waals surface area contributed by atoms with E-state index in [1.807, 2.05) is 25.1 Å². The van der Waals surface area contributed by atoms with Crippen LogP contribution in [0.2, 0.25) is 5.02 Å². The Balaban J connectivity index is 1.78. The molecular formula is C20H16BrClFNO3S. The highest BCUT2D eigenvalue weighted by Crippen LogP contribution is 2.35. The van der Waals surface area contributed by atoms with Crippen molar-refractivity contribution < 1.29 is 18.7 Å². The summed E-state index contributed by atoms with van der Waals surface area (Å²) in [6, 6.07) is 9.34. The summed E-state index contributed by atoms with van der Waals surface area (Å²) in [6.07, 6.45) is 2.56. The van der Waals surface area contributed by atoms with Gasteiger partial charge in [-0.15, -0.1) is 0 Å². The lowest BCUT2D eigenvalue weighted by Gasteiger charge is -2.13. The average molecular weight is 485 g/mol. The van der Waals surface area contributed by atoms with Crippen molar-refractivity contribution >= 4 is 56.5 Å². The summed E-state index contributed by atoms with van der Waals surface area (Å²) in [5.41, 5.74) is 1.27. The maximum atomic E-state index is 13.2. The Kier molecular flexibility index (Phi) is 6.80. The minimum atomic E-state index is -0.472. The summed E-state index contributed by atoms with van der Waals surface area (Å²) in [4.78, 5) is 26.4. The first kappa shape index (κ1) is 20.9. The highest BCUT2D eigenvalue weighted by Gasteiger charge is 2.35. The number of ether oxygens (including phenoxy) is 1. The Morgan fingerprint density at radius 2 is 2.04 bits per heavy atom. The van der Waals surface area contributed by atoms with Gasteiger partial charge in [-0.3, -0.25) is 14.5 Å². The Morgan fingerprint density at radius 3 is 2.71 bits per heavy atom. The summed E-state index contributed by atoms with van der Waals surface area (Å²) in [5, 5.41) is -0.215. The zero-order chi connectivity index (χ0) is 20.3. The molecule has 1 heterocycles. The Hall–Kier alpha value is -1.83. The molecule has 0 unspecified atom stereocenters. The smallest absolute Gasteiger partial charge is 0.293 e. The molecule has 0 atom stereocenters. The van der Waals surface area contributed by atoms with Crippen molar-refractivity contribution in [2.45, 2.75) is 19.9 Å². The molecule has 1 saturated heterocycles. The molecule has 1 aliphatic heterocycles. The predicted molar refractivity (Wildman–Crippen MR) is 113 cm³/mol. The SMILES string of the molecule is CCCOc1ccc(/C=C2\SC(=O)N(Cc3ccc(F)cc3Cl)C2=O)cc1Br. The number of hydrogen-bond donors (Lipinski definition) is 0. The number of thioether (sulfide) groups is 1. The van der Waals surface area contributed by atoms with Crippen molar-refractivity contribution in [1.82, 2.24) is 4.90 Å². The zero-order valence-electron chi connectivity index (χ0n) is 14.9. The molecule has 0 radical (unpaired) electrons. The molecular weight excluding hydrogens is 469 g/mol. The fourth-order valence-corrected chi connectivity index (χ4v) is 4.12. The van der Waals surface area contributed by atoms with E-state index in [9.17, 15) is 14.0 Å². The minimum Gasteiger partial charge on any atom is -0.492 e. The van der Waals surface area contributed by atoms with Crippen LogP contribution in [-0.2, 0) is 11.3 Å². The quantitative estimate of drug-likeness (QED) is 0.454. The van der Waals surface area contributed by atoms with Gasteiger partial charge in [-0.2, -0.15) is 0 Å². The van der Waals surface area contributed by atoms with Crippen LogP contribution in [0.15, 0.2) is 45.8 Å². The lowest BCUT2D eigenvalue weighted by atomic mass is 10.2. The van der Waals surface area contributed by atoms with E-state index in [1.54, 1.807) is 6.08 Å². The minimum absolute atomic E-state index is 0.00535. The van der Waals surface area contributed by atoms with Gasteiger partial charge in [0, 0.05) is 5.02 Å². The van der Waals surface area contributed by atoms with Crippen molar-refractivity contribution in [3.63, 3.8) is 0 Å². The van der Waals surface area contributed by atoms with Gasteiger partial charge in [0.1, 0.15) is 11.6 Å². The molecule has 2 aromatic rings. The summed E-state index contributed by atoms with van der Waals surface area (Å²) >= 11 is 10.3. The van der Waals surface area contributed by atoms with Crippen LogP contribution >= 0.6 is 39.3 Å². The first-order chi connectivity index (χ1) is 13.4. The van der Waals surface area contributed by atoms with Gasteiger partial charge in [0.25, 0.3) is 11.1 Å². The molecule has 0 saturated carbocycles. The van der Waals surface area contributed by atoms with Gasteiger partial charge in [0.15, 0.2) is 0 Å². The van der Waals surface area contributed by atoms with Crippen LogP contribution in [-0.4, -0.2) is 22.7 Å². The van der Waals surface area contributed by atoms with Crippen LogP contribution in [0.1, 0.15) is 24.5 Å². The number of benzene rings is 2. The molecule has 3 rings (SSSR count). The number of halogens is 3. The zero-order valence-corrected chi connectivity index (χ0v) is 18.0. The number of imide groups is 1. The van der Waals surface area contributed by atoms with Crippen LogP contribution in [0, 0.1) is 5.82 Å². The van der Waals surface area contributed by atoms with Crippen LogP contribution in [0.25, 0.3) is 6.08 Å². The van der Waals surface area contributed by atoms with Gasteiger partial charge >= 0.3 is 0 Å². The fraction of sp³-hybridized carbons (Fsp3) is 0.200. The lowest BCUT2D eigenvalue weighted by Crippen LogP contribution is -2.27. The fourth-order valence-electron chi connectivity index (χ4n) is 2.54. The van der Waals surface area contributed by atoms with Gasteiger partial charge in [0.05, 0.1) is 22.5 Å². The van der Waals surface area contributed by atoms with Crippen molar-refractivity contribution in [3.05, 3.63) is 67.7 Å². The molecule has 8 heteroatoms. The third-order valence-corrected chi connectivity index (χ3v) is 5.81. The van der Waals surface area contributed by atoms with E-state index in [0.29, 0.717) is 17.1 Å². The molecule has 2 aromatic carbocycles. The van der Waals surface area contributed by atoms with Crippen molar-refractivity contribution in [3.8, 4) is 5.75 Å². The van der Waals surface area contributed by atoms with E-state index in [1.165, 1.54) is 12.1 Å². The standard InChI is InChI=1S/C20H16BrClFNO3S/c1-2-7-27-17-6-3-12(8-15(17)21)9-18-19(25)24(20(26)28-18)11-13-4-5-14(23)10-16(13)22/h3-6,8-10H,2,7,11H2,1H3/b18-9-. The average Bonchev–Trinajstić information content (AvgIpc) is 2.90. The molecule has 0 aliphatic carbocycles. The molecule has 0 bridgehead atoms. The van der Waals surface area contributed by atoms with Crippen LogP contribution in [0.3, 0.4) is 0 Å². The Bertz CT molecular complexity index is 966. The third-order valence-electron chi connectivity index (χ3n) is 3.93. The summed E-state index contributed by atoms with van der Waals surface area (Å²) < 4.78 is 19.6. The monoisotopic (exact) mass is 483 g/mol. The topological polar surface area (TPSA) is 46.6 Å². The second-order valence-electron chi connectivity index (χ2n) is 6.04. The first-order valence-corrected chi connectivity index (χ1v) is 10.5. The lowest BCUT2D eigenvalue weighted by molar-refractivity contribution is -0.123. The van der Waals surface area contributed by atoms with Crippen molar-refractivity contribution in [1.29, 1.82) is 0 Å². The first-order valence-electron chi connectivity index (χ1n) is 8.50. The van der Waals surface area contributed by atoms with Gasteiger partial charge in [-0.1, -0.05) is 30.7 Å². The maximum absolute atomic E-state index is 13.2. The largest absolute Gasteiger partial charge is 0.492 e. The van der Waals surface area contributed by atoms with Gasteiger partial charge in [-0.25, -0.2) is 4.39 Å². The molecule has 146 valence electrons. The summed E-state index contributed by atoms with van der Waals surface area (Å²) in [5.74, 6) is -0.157. The predicted octanol–water partition coefficient (Wildman–Crippen LogP) is 6.27. The second kappa shape index (κ2) is 9.11. The molecule has 0 N–H and O–H groups in total. The van der Waals surface area contributed by atoms with Crippen LogP contribution < -0.4 is 4.74 Å². The number of nitrogens with zero attached hydrogens (tertiary/aromatic N) is 1. The molecule has 1 aliphatic rings. The van der Waals surface area contributed by atoms with E-state index in [4.69, 9.17) is 16.3 Å². The highest BCUT2D eigenvalue weighted by molar-refractivity contribution is 9.10. The van der Waals surface area contributed by atoms with Crippen molar-refractivity contribution in [2.75, 3.05) is 6.61 Å². The third kappa shape index (κ3) is 4.77. The van der Waals surface area contributed by atoms with Crippen molar-refractivity contribution in [2.24, 2.45) is 0 Å². The van der Waals surface area contributed by atoms with E-state index >= 15 is 0 Å². The highest BCUT2D eigenvalue weighted by atomic mass is 79.9. The number of hydrogen-bond acceptors (Lipinski definition) is 4. The van der Waals surface area contributed by atoms with Gasteiger partial charge in [0.2, 0.25) is 0 Å². The molecule has 0 spiro atoms. The summed E-state index contributed by atoms with van der Waals surface area (Å²) in [6.45, 7) is 2.63. The van der Waals surface area contributed by atoms with Gasteiger partial charge < -0.3 is 4.74 Å². The molecule has 4 nitrogen and oxygen atoms in total. The van der Waals surface area contributed by atoms with E-state index in [0.717, 1.165) is 44.9 Å². The number of carbonyl (C=O) groups excluding carboxylic acids is 2. The van der Waals surface area contributed by atoms with E-state index in [2.05, 4.69) is 15.9 Å². The Morgan fingerprint density at radius 1 is 1.25 bits per heavy atom. The second-order valence-corrected chi connectivity index (χ2v) is 8.30. The van der Waals surface area contributed by atoms with Gasteiger partial charge in [-0.05, 0) is 75.6 Å². The number of amides is 2. The van der Waals surface area contributed by atoms with Crippen LogP contribution in [0.5, 0.6) is 5.75 Å².